The van der Waals surface area contributed by atoms with Crippen LogP contribution in [0.4, 0.5) is 5.69 Å². The van der Waals surface area contributed by atoms with E-state index in [1.165, 1.54) is 5.69 Å². The zero-order chi connectivity index (χ0) is 17.4. The number of guanidine groups is 1. The van der Waals surface area contributed by atoms with E-state index in [0.717, 1.165) is 42.7 Å². The van der Waals surface area contributed by atoms with Crippen LogP contribution in [0, 0.1) is 0 Å². The SMILES string of the molecule is CN=C(NCCOC)NCc1c(Cl)cccc1N1CCN(C)CC1. The monoisotopic (exact) mass is 353 g/mol. The zero-order valence-electron chi connectivity index (χ0n) is 14.8. The van der Waals surface area contributed by atoms with E-state index in [2.05, 4.69) is 38.5 Å². The highest BCUT2D eigenvalue weighted by Crippen LogP contribution is 2.28. The van der Waals surface area contributed by atoms with Gasteiger partial charge in [-0.15, -0.1) is 0 Å². The van der Waals surface area contributed by atoms with Crippen molar-refractivity contribution in [3.05, 3.63) is 28.8 Å². The normalized spacial score (nSPS) is 16.3. The molecule has 1 saturated heterocycles. The number of anilines is 1. The molecule has 1 heterocycles. The fourth-order valence-electron chi connectivity index (χ4n) is 2.73. The summed E-state index contributed by atoms with van der Waals surface area (Å²) in [5.74, 6) is 0.747. The standard InChI is InChI=1S/C17H28ClN5O/c1-19-17(20-7-12-24-3)21-13-14-15(18)5-4-6-16(14)23-10-8-22(2)9-11-23/h4-6H,7-13H2,1-3H3,(H2,19,20,21). The lowest BCUT2D eigenvalue weighted by Crippen LogP contribution is -2.45. The first-order valence-electron chi connectivity index (χ1n) is 8.30. The first kappa shape index (κ1) is 18.8. The molecule has 1 aromatic carbocycles. The number of rotatable bonds is 6. The quantitative estimate of drug-likeness (QED) is 0.460. The largest absolute Gasteiger partial charge is 0.383 e. The molecule has 2 N–H and O–H groups in total. The Morgan fingerprint density at radius 1 is 1.25 bits per heavy atom. The molecule has 0 bridgehead atoms. The molecule has 0 atom stereocenters. The summed E-state index contributed by atoms with van der Waals surface area (Å²) in [4.78, 5) is 8.99. The van der Waals surface area contributed by atoms with Crippen molar-refractivity contribution in [2.45, 2.75) is 6.54 Å². The van der Waals surface area contributed by atoms with Gasteiger partial charge in [0, 0.05) is 69.7 Å². The van der Waals surface area contributed by atoms with Gasteiger partial charge >= 0.3 is 0 Å². The van der Waals surface area contributed by atoms with E-state index in [9.17, 15) is 0 Å². The van der Waals surface area contributed by atoms with Crippen molar-refractivity contribution in [1.82, 2.24) is 15.5 Å². The third-order valence-electron chi connectivity index (χ3n) is 4.19. The van der Waals surface area contributed by atoms with Crippen LogP contribution in [0.5, 0.6) is 0 Å². The molecule has 7 heteroatoms. The molecule has 1 aliphatic rings. The van der Waals surface area contributed by atoms with E-state index in [-0.39, 0.29) is 0 Å². The first-order valence-corrected chi connectivity index (χ1v) is 8.68. The minimum Gasteiger partial charge on any atom is -0.383 e. The summed E-state index contributed by atoms with van der Waals surface area (Å²) in [6.45, 7) is 6.16. The van der Waals surface area contributed by atoms with E-state index in [1.54, 1.807) is 14.2 Å². The van der Waals surface area contributed by atoms with Gasteiger partial charge in [-0.1, -0.05) is 17.7 Å². The number of hydrogen-bond donors (Lipinski definition) is 2. The molecule has 1 aliphatic heterocycles. The number of ether oxygens (including phenoxy) is 1. The van der Waals surface area contributed by atoms with Crippen LogP contribution in [0.15, 0.2) is 23.2 Å². The van der Waals surface area contributed by atoms with Crippen molar-refractivity contribution in [2.24, 2.45) is 4.99 Å². The summed E-state index contributed by atoms with van der Waals surface area (Å²) in [5.41, 5.74) is 2.31. The van der Waals surface area contributed by atoms with Gasteiger partial charge in [0.1, 0.15) is 0 Å². The predicted molar refractivity (Wildman–Crippen MR) is 101 cm³/mol. The highest BCUT2D eigenvalue weighted by atomic mass is 35.5. The fraction of sp³-hybridized carbons (Fsp3) is 0.588. The van der Waals surface area contributed by atoms with Crippen molar-refractivity contribution in [2.75, 3.05) is 65.4 Å². The van der Waals surface area contributed by atoms with Gasteiger partial charge in [-0.2, -0.15) is 0 Å². The highest BCUT2D eigenvalue weighted by molar-refractivity contribution is 6.31. The molecule has 0 aliphatic carbocycles. The summed E-state index contributed by atoms with van der Waals surface area (Å²) in [6, 6.07) is 6.11. The molecule has 0 radical (unpaired) electrons. The molecule has 0 spiro atoms. The topological polar surface area (TPSA) is 52.1 Å². The lowest BCUT2D eigenvalue weighted by Gasteiger charge is -2.35. The second kappa shape index (κ2) is 9.71. The number of methoxy groups -OCH3 is 1. The smallest absolute Gasteiger partial charge is 0.191 e. The molecule has 6 nitrogen and oxygen atoms in total. The second-order valence-corrected chi connectivity index (χ2v) is 6.28. The Morgan fingerprint density at radius 2 is 2.00 bits per heavy atom. The van der Waals surface area contributed by atoms with Crippen LogP contribution in [0.1, 0.15) is 5.56 Å². The number of piperazine rings is 1. The van der Waals surface area contributed by atoms with Crippen LogP contribution in [0.2, 0.25) is 5.02 Å². The molecule has 134 valence electrons. The lowest BCUT2D eigenvalue weighted by molar-refractivity contribution is 0.203. The van der Waals surface area contributed by atoms with Gasteiger partial charge in [-0.3, -0.25) is 4.99 Å². The maximum absolute atomic E-state index is 6.47. The van der Waals surface area contributed by atoms with Crippen molar-refractivity contribution in [1.29, 1.82) is 0 Å². The van der Waals surface area contributed by atoms with E-state index in [0.29, 0.717) is 19.7 Å². The van der Waals surface area contributed by atoms with Gasteiger partial charge in [0.2, 0.25) is 0 Å². The zero-order valence-corrected chi connectivity index (χ0v) is 15.6. The van der Waals surface area contributed by atoms with Crippen LogP contribution < -0.4 is 15.5 Å². The van der Waals surface area contributed by atoms with Gasteiger partial charge < -0.3 is 25.2 Å². The molecule has 2 rings (SSSR count). The van der Waals surface area contributed by atoms with Gasteiger partial charge in [-0.05, 0) is 19.2 Å². The summed E-state index contributed by atoms with van der Waals surface area (Å²) >= 11 is 6.47. The van der Waals surface area contributed by atoms with Crippen molar-refractivity contribution >= 4 is 23.2 Å². The number of likely N-dealkylation sites (N-methyl/N-ethyl adjacent to an activating group) is 1. The minimum absolute atomic E-state index is 0.633. The first-order chi connectivity index (χ1) is 11.7. The summed E-state index contributed by atoms with van der Waals surface area (Å²) in [5, 5.41) is 7.33. The molecule has 0 saturated carbocycles. The number of aliphatic imine (C=N–C) groups is 1. The molecule has 0 unspecified atom stereocenters. The molecular formula is C17H28ClN5O. The Bertz CT molecular complexity index is 544. The summed E-state index contributed by atoms with van der Waals surface area (Å²) < 4.78 is 5.05. The number of nitrogens with one attached hydrogen (secondary N) is 2. The van der Waals surface area contributed by atoms with Crippen LogP contribution in [-0.4, -0.2) is 71.4 Å². The molecule has 24 heavy (non-hydrogen) atoms. The molecule has 1 aromatic rings. The number of nitrogens with zero attached hydrogens (tertiary/aromatic N) is 3. The molecule has 0 amide bonds. The maximum atomic E-state index is 6.47. The second-order valence-electron chi connectivity index (χ2n) is 5.87. The fourth-order valence-corrected chi connectivity index (χ4v) is 2.97. The Balaban J connectivity index is 2.03. The molecular weight excluding hydrogens is 326 g/mol. The lowest BCUT2D eigenvalue weighted by atomic mass is 10.1. The molecule has 1 fully saturated rings. The molecule has 0 aromatic heterocycles. The van der Waals surface area contributed by atoms with Crippen molar-refractivity contribution in [3.8, 4) is 0 Å². The average molecular weight is 354 g/mol. The van der Waals surface area contributed by atoms with Gasteiger partial charge in [0.25, 0.3) is 0 Å². The van der Waals surface area contributed by atoms with E-state index in [1.807, 2.05) is 12.1 Å². The average Bonchev–Trinajstić information content (AvgIpc) is 2.59. The minimum atomic E-state index is 0.633. The van der Waals surface area contributed by atoms with Crippen LogP contribution in [0.3, 0.4) is 0 Å². The third kappa shape index (κ3) is 5.26. The Kier molecular flexibility index (Phi) is 7.62. The van der Waals surface area contributed by atoms with Crippen LogP contribution >= 0.6 is 11.6 Å². The van der Waals surface area contributed by atoms with E-state index >= 15 is 0 Å². The van der Waals surface area contributed by atoms with Crippen LogP contribution in [0.25, 0.3) is 0 Å². The third-order valence-corrected chi connectivity index (χ3v) is 4.55. The Morgan fingerprint density at radius 3 is 2.67 bits per heavy atom. The maximum Gasteiger partial charge on any atom is 0.191 e. The van der Waals surface area contributed by atoms with Gasteiger partial charge in [-0.25, -0.2) is 0 Å². The van der Waals surface area contributed by atoms with E-state index in [4.69, 9.17) is 16.3 Å². The predicted octanol–water partition coefficient (Wildman–Crippen LogP) is 1.40. The summed E-state index contributed by atoms with van der Waals surface area (Å²) in [7, 11) is 5.60. The van der Waals surface area contributed by atoms with Crippen LogP contribution in [-0.2, 0) is 11.3 Å². The number of hydrogen-bond acceptors (Lipinski definition) is 4. The van der Waals surface area contributed by atoms with Gasteiger partial charge in [0.15, 0.2) is 5.96 Å². The summed E-state index contributed by atoms with van der Waals surface area (Å²) in [6.07, 6.45) is 0. The van der Waals surface area contributed by atoms with Crippen molar-refractivity contribution in [3.63, 3.8) is 0 Å². The number of halogens is 1. The van der Waals surface area contributed by atoms with Gasteiger partial charge in [0.05, 0.1) is 6.61 Å². The Hall–Kier alpha value is -1.50. The van der Waals surface area contributed by atoms with E-state index < -0.39 is 0 Å². The van der Waals surface area contributed by atoms with Crippen molar-refractivity contribution < 1.29 is 4.74 Å². The number of benzene rings is 1. The highest BCUT2D eigenvalue weighted by Gasteiger charge is 2.18. The Labute approximate surface area is 149 Å².